The van der Waals surface area contributed by atoms with Gasteiger partial charge in [-0.1, -0.05) is 25.0 Å². The van der Waals surface area contributed by atoms with Gasteiger partial charge in [0, 0.05) is 36.2 Å². The molecule has 2 aromatic heterocycles. The predicted molar refractivity (Wildman–Crippen MR) is 165 cm³/mol. The number of benzene rings is 1. The van der Waals surface area contributed by atoms with Crippen LogP contribution >= 0.6 is 15.9 Å². The van der Waals surface area contributed by atoms with Crippen molar-refractivity contribution in [2.24, 2.45) is 5.92 Å². The van der Waals surface area contributed by atoms with E-state index in [0.717, 1.165) is 84.3 Å². The number of aromatic nitrogens is 3. The Kier molecular flexibility index (Phi) is 7.89. The molecule has 3 aliphatic rings. The maximum atomic E-state index is 12.6. The van der Waals surface area contributed by atoms with Gasteiger partial charge in [0.05, 0.1) is 23.5 Å². The summed E-state index contributed by atoms with van der Waals surface area (Å²) in [5.41, 5.74) is 3.69. The van der Waals surface area contributed by atoms with Crippen molar-refractivity contribution in [2.45, 2.75) is 102 Å². The van der Waals surface area contributed by atoms with Crippen LogP contribution in [0.15, 0.2) is 34.9 Å². The number of methoxy groups -OCH3 is 1. The number of hydrogen-bond acceptors (Lipinski definition) is 7. The van der Waals surface area contributed by atoms with Gasteiger partial charge in [-0.2, -0.15) is 9.61 Å². The Balaban J connectivity index is 1.42. The van der Waals surface area contributed by atoms with E-state index in [4.69, 9.17) is 19.6 Å². The molecule has 1 aromatic carbocycles. The summed E-state index contributed by atoms with van der Waals surface area (Å²) >= 11 is 3.73. The zero-order chi connectivity index (χ0) is 29.6. The van der Waals surface area contributed by atoms with Crippen molar-refractivity contribution in [3.8, 4) is 5.75 Å². The third kappa shape index (κ3) is 5.36. The zero-order valence-electron chi connectivity index (χ0n) is 25.0. The number of halogens is 1. The first kappa shape index (κ1) is 29.2. The van der Waals surface area contributed by atoms with Crippen molar-refractivity contribution in [1.82, 2.24) is 19.9 Å². The van der Waals surface area contributed by atoms with Crippen molar-refractivity contribution >= 4 is 33.5 Å². The molecule has 0 bridgehead atoms. The molecule has 6 rings (SSSR count). The lowest BCUT2D eigenvalue weighted by Crippen LogP contribution is -2.40. The van der Waals surface area contributed by atoms with E-state index < -0.39 is 5.60 Å². The van der Waals surface area contributed by atoms with Gasteiger partial charge >= 0.3 is 6.09 Å². The van der Waals surface area contributed by atoms with E-state index in [2.05, 4.69) is 38.3 Å². The number of aliphatic hydroxyl groups excluding tert-OH is 1. The van der Waals surface area contributed by atoms with Crippen LogP contribution in [0.25, 0.3) is 5.65 Å². The highest BCUT2D eigenvalue weighted by atomic mass is 79.9. The fourth-order valence-electron chi connectivity index (χ4n) is 7.56. The molecular formula is C32H42BrN5O4. The van der Waals surface area contributed by atoms with Crippen LogP contribution in [0.1, 0.15) is 82.5 Å². The van der Waals surface area contributed by atoms with E-state index in [0.29, 0.717) is 6.54 Å². The van der Waals surface area contributed by atoms with Gasteiger partial charge < -0.3 is 24.8 Å². The first-order chi connectivity index (χ1) is 20.1. The summed E-state index contributed by atoms with van der Waals surface area (Å²) in [6.07, 6.45) is 9.28. The minimum absolute atomic E-state index is 0.0179. The van der Waals surface area contributed by atoms with Gasteiger partial charge in [-0.3, -0.25) is 0 Å². The van der Waals surface area contributed by atoms with Gasteiger partial charge in [-0.25, -0.2) is 9.78 Å². The van der Waals surface area contributed by atoms with Crippen molar-refractivity contribution in [1.29, 1.82) is 0 Å². The summed E-state index contributed by atoms with van der Waals surface area (Å²) in [5.74, 6) is 2.03. The Morgan fingerprint density at radius 3 is 2.62 bits per heavy atom. The number of nitrogens with zero attached hydrogens (tertiary/aromatic N) is 4. The predicted octanol–water partition coefficient (Wildman–Crippen LogP) is 5.93. The number of aliphatic hydroxyl groups is 1. The van der Waals surface area contributed by atoms with E-state index >= 15 is 0 Å². The molecule has 10 heteroatoms. The maximum absolute atomic E-state index is 12.6. The number of alkyl carbamates (subject to hydrolysis) is 1. The minimum Gasteiger partial charge on any atom is -0.497 e. The molecule has 1 spiro atoms. The van der Waals surface area contributed by atoms with Crippen molar-refractivity contribution < 1.29 is 19.4 Å². The smallest absolute Gasteiger partial charge is 0.407 e. The van der Waals surface area contributed by atoms with Crippen LogP contribution in [0.4, 0.5) is 10.6 Å². The Morgan fingerprint density at radius 1 is 1.21 bits per heavy atom. The number of fused-ring (bicyclic) bond motifs is 3. The van der Waals surface area contributed by atoms with Crippen molar-refractivity contribution in [3.63, 3.8) is 0 Å². The average Bonchev–Trinajstić information content (AvgIpc) is 3.75. The van der Waals surface area contributed by atoms with Gasteiger partial charge in [0.2, 0.25) is 0 Å². The lowest BCUT2D eigenvalue weighted by Gasteiger charge is -2.34. The van der Waals surface area contributed by atoms with Crippen LogP contribution in [0.5, 0.6) is 5.75 Å². The standard InChI is InChI=1S/C32H42BrN5O4/c1-31(2,3)42-30(40)35-22-9-10-23(16-22)37(18-20-7-11-24(41-4)12-8-20)29-25-15-21(19-39)32(13-5-6-14-32)27(25)36-28-26(33)17-34-38(28)29/h7-8,11-12,17,21-23,39H,5-6,9-10,13-16,18-19H2,1-4H3,(H,35,40)/t21-,22-,23-/m0/s1. The van der Waals surface area contributed by atoms with Crippen LogP contribution in [-0.2, 0) is 23.1 Å². The number of rotatable bonds is 7. The first-order valence-electron chi connectivity index (χ1n) is 15.2. The molecule has 0 saturated heterocycles. The van der Waals surface area contributed by atoms with Crippen molar-refractivity contribution in [3.05, 3.63) is 51.8 Å². The summed E-state index contributed by atoms with van der Waals surface area (Å²) in [5, 5.41) is 18.5. The lowest BCUT2D eigenvalue weighted by molar-refractivity contribution is 0.0505. The number of nitrogens with one attached hydrogen (secondary N) is 1. The molecule has 0 aliphatic heterocycles. The maximum Gasteiger partial charge on any atom is 0.407 e. The molecule has 3 atom stereocenters. The molecule has 42 heavy (non-hydrogen) atoms. The summed E-state index contributed by atoms with van der Waals surface area (Å²) < 4.78 is 13.9. The number of carbonyl (C=O) groups is 1. The van der Waals surface area contributed by atoms with Crippen LogP contribution in [0, 0.1) is 5.92 Å². The second-order valence-corrected chi connectivity index (χ2v) is 14.1. The third-order valence-electron chi connectivity index (χ3n) is 9.45. The van der Waals surface area contributed by atoms with E-state index in [1.54, 1.807) is 7.11 Å². The molecule has 2 heterocycles. The molecule has 2 saturated carbocycles. The molecule has 1 amide bonds. The van der Waals surface area contributed by atoms with Crippen LogP contribution in [-0.4, -0.2) is 57.2 Å². The van der Waals surface area contributed by atoms with Crippen molar-refractivity contribution in [2.75, 3.05) is 18.6 Å². The van der Waals surface area contributed by atoms with Gasteiger partial charge in [0.15, 0.2) is 5.65 Å². The molecule has 3 aliphatic carbocycles. The lowest BCUT2D eigenvalue weighted by atomic mass is 9.76. The topological polar surface area (TPSA) is 101 Å². The van der Waals surface area contributed by atoms with Gasteiger partial charge in [0.1, 0.15) is 17.2 Å². The molecule has 226 valence electrons. The quantitative estimate of drug-likeness (QED) is 0.330. The highest BCUT2D eigenvalue weighted by Gasteiger charge is 2.51. The Morgan fingerprint density at radius 2 is 1.95 bits per heavy atom. The largest absolute Gasteiger partial charge is 0.497 e. The molecule has 9 nitrogen and oxygen atoms in total. The first-order valence-corrected chi connectivity index (χ1v) is 16.0. The third-order valence-corrected chi connectivity index (χ3v) is 10.0. The molecule has 2 N–H and O–H groups in total. The fraction of sp³-hybridized carbons (Fsp3) is 0.594. The highest BCUT2D eigenvalue weighted by molar-refractivity contribution is 9.10. The highest BCUT2D eigenvalue weighted by Crippen LogP contribution is 2.55. The zero-order valence-corrected chi connectivity index (χ0v) is 26.6. The average molecular weight is 641 g/mol. The summed E-state index contributed by atoms with van der Waals surface area (Å²) in [6.45, 7) is 6.48. The van der Waals surface area contributed by atoms with Crippen LogP contribution in [0.2, 0.25) is 0 Å². The molecular weight excluding hydrogens is 598 g/mol. The Hall–Kier alpha value is -2.85. The number of hydrogen-bond donors (Lipinski definition) is 2. The second kappa shape index (κ2) is 11.3. The van der Waals surface area contributed by atoms with Crippen LogP contribution < -0.4 is 15.0 Å². The number of carbonyl (C=O) groups excluding carboxylic acids is 1. The number of ether oxygens (including phenoxy) is 2. The van der Waals surface area contributed by atoms with E-state index in [1.165, 1.54) is 5.56 Å². The van der Waals surface area contributed by atoms with Gasteiger partial charge in [-0.05, 0) is 98.8 Å². The summed E-state index contributed by atoms with van der Waals surface area (Å²) in [7, 11) is 1.68. The second-order valence-electron chi connectivity index (χ2n) is 13.2. The summed E-state index contributed by atoms with van der Waals surface area (Å²) in [4.78, 5) is 20.4. The van der Waals surface area contributed by atoms with E-state index in [-0.39, 0.29) is 36.1 Å². The van der Waals surface area contributed by atoms with Gasteiger partial charge in [0.25, 0.3) is 0 Å². The van der Waals surface area contributed by atoms with Gasteiger partial charge in [-0.15, -0.1) is 0 Å². The SMILES string of the molecule is COc1ccc(CN(c2c3c(nc4c(Br)cnn24)C2(CCCC2)[C@H](CO)C3)[C@H]2CC[C@H](NC(=O)OC(C)(C)C)C2)cc1. The van der Waals surface area contributed by atoms with E-state index in [9.17, 15) is 9.90 Å². The Bertz CT molecular complexity index is 1440. The normalized spacial score (nSPS) is 23.0. The monoisotopic (exact) mass is 639 g/mol. The fourth-order valence-corrected chi connectivity index (χ4v) is 7.90. The number of anilines is 1. The minimum atomic E-state index is -0.543. The molecule has 0 unspecified atom stereocenters. The van der Waals surface area contributed by atoms with E-state index in [1.807, 2.05) is 43.6 Å². The summed E-state index contributed by atoms with van der Waals surface area (Å²) in [6, 6.07) is 8.41. The number of amides is 1. The molecule has 3 aromatic rings. The molecule has 0 radical (unpaired) electrons. The van der Waals surface area contributed by atoms with Crippen LogP contribution in [0.3, 0.4) is 0 Å². The molecule has 2 fully saturated rings. The Labute approximate surface area is 256 Å².